The van der Waals surface area contributed by atoms with Gasteiger partial charge in [-0.05, 0) is 44.0 Å². The zero-order chi connectivity index (χ0) is 22.0. The summed E-state index contributed by atoms with van der Waals surface area (Å²) in [5.41, 5.74) is 2.47. The minimum atomic E-state index is -0.398. The quantitative estimate of drug-likeness (QED) is 0.595. The number of hydrogen-bond acceptors (Lipinski definition) is 5. The van der Waals surface area contributed by atoms with Crippen LogP contribution < -0.4 is 5.69 Å². The number of β-amino-alcohol motifs (C(OH)–C–C–N with tert-alkyl or cyclic N) is 1. The number of aryl methyl sites for hydroxylation is 1. The Labute approximate surface area is 186 Å². The van der Waals surface area contributed by atoms with Crippen molar-refractivity contribution in [3.8, 4) is 0 Å². The number of nitrogens with zero attached hydrogens (tertiary/aromatic N) is 3. The second kappa shape index (κ2) is 9.42. The number of para-hydroxylation sites is 2. The summed E-state index contributed by atoms with van der Waals surface area (Å²) in [6.45, 7) is 5.78. The van der Waals surface area contributed by atoms with Crippen LogP contribution in [-0.2, 0) is 0 Å². The smallest absolute Gasteiger partial charge is 0.336 e. The molecular weight excluding hydrogens is 410 g/mol. The van der Waals surface area contributed by atoms with Gasteiger partial charge >= 0.3 is 5.69 Å². The topological polar surface area (TPSA) is 67.5 Å². The van der Waals surface area contributed by atoms with E-state index < -0.39 is 6.10 Å². The first-order valence-electron chi connectivity index (χ1n) is 10.8. The Morgan fingerprint density at radius 1 is 1.10 bits per heavy atom. The standard InChI is InChI=1S/C24H29N3O3S/c1-17-7-9-21(10-8-17)31-16-20(29)15-25-13-11-19(12-14-25)27-23-6-4-3-5-22(23)26(18(2)28)24(27)30/h3-10,19-20,29H,11-16H2,1-2H3. The Balaban J connectivity index is 1.37. The molecule has 1 aromatic heterocycles. The lowest BCUT2D eigenvalue weighted by Gasteiger charge is -2.33. The Bertz CT molecular complexity index is 1110. The number of aliphatic hydroxyl groups excluding tert-OH is 1. The number of imidazole rings is 1. The molecule has 0 spiro atoms. The van der Waals surface area contributed by atoms with Gasteiger partial charge in [0, 0.05) is 43.2 Å². The molecule has 31 heavy (non-hydrogen) atoms. The molecule has 1 aliphatic heterocycles. The van der Waals surface area contributed by atoms with Crippen LogP contribution in [0.5, 0.6) is 0 Å². The molecule has 3 aromatic rings. The van der Waals surface area contributed by atoms with Crippen molar-refractivity contribution >= 4 is 28.7 Å². The van der Waals surface area contributed by atoms with Gasteiger partial charge in [-0.25, -0.2) is 9.36 Å². The van der Waals surface area contributed by atoms with Crippen LogP contribution in [0.1, 0.15) is 36.2 Å². The van der Waals surface area contributed by atoms with Crippen molar-refractivity contribution in [2.24, 2.45) is 0 Å². The fourth-order valence-electron chi connectivity index (χ4n) is 4.37. The van der Waals surface area contributed by atoms with Crippen molar-refractivity contribution in [1.82, 2.24) is 14.0 Å². The van der Waals surface area contributed by atoms with Crippen LogP contribution in [-0.4, -0.2) is 56.5 Å². The van der Waals surface area contributed by atoms with Gasteiger partial charge in [-0.3, -0.25) is 9.36 Å². The number of piperidine rings is 1. The predicted molar refractivity (Wildman–Crippen MR) is 125 cm³/mol. The number of aliphatic hydroxyl groups is 1. The summed E-state index contributed by atoms with van der Waals surface area (Å²) in [4.78, 5) is 28.5. The lowest BCUT2D eigenvalue weighted by atomic mass is 10.0. The minimum Gasteiger partial charge on any atom is -0.391 e. The molecular formula is C24H29N3O3S. The van der Waals surface area contributed by atoms with Crippen molar-refractivity contribution < 1.29 is 9.90 Å². The first-order chi connectivity index (χ1) is 14.9. The molecule has 4 rings (SSSR count). The van der Waals surface area contributed by atoms with Crippen molar-refractivity contribution in [3.05, 3.63) is 64.6 Å². The average molecular weight is 440 g/mol. The lowest BCUT2D eigenvalue weighted by Crippen LogP contribution is -2.41. The Kier molecular flexibility index (Phi) is 6.65. The molecule has 0 radical (unpaired) electrons. The number of thioether (sulfide) groups is 1. The minimum absolute atomic E-state index is 0.0633. The molecule has 1 saturated heterocycles. The highest BCUT2D eigenvalue weighted by molar-refractivity contribution is 7.99. The van der Waals surface area contributed by atoms with Gasteiger partial charge in [0.15, 0.2) is 0 Å². The van der Waals surface area contributed by atoms with Crippen molar-refractivity contribution in [1.29, 1.82) is 0 Å². The molecule has 1 unspecified atom stereocenters. The highest BCUT2D eigenvalue weighted by atomic mass is 32.2. The summed E-state index contributed by atoms with van der Waals surface area (Å²) < 4.78 is 3.06. The summed E-state index contributed by atoms with van der Waals surface area (Å²) in [7, 11) is 0. The van der Waals surface area contributed by atoms with Crippen molar-refractivity contribution in [3.63, 3.8) is 0 Å². The van der Waals surface area contributed by atoms with Crippen LogP contribution in [0.4, 0.5) is 0 Å². The lowest BCUT2D eigenvalue weighted by molar-refractivity contribution is 0.0930. The normalized spacial score (nSPS) is 16.6. The van der Waals surface area contributed by atoms with Gasteiger partial charge in [-0.2, -0.15) is 0 Å². The van der Waals surface area contributed by atoms with E-state index in [1.54, 1.807) is 16.3 Å². The van der Waals surface area contributed by atoms with Crippen LogP contribution in [0, 0.1) is 6.92 Å². The maximum atomic E-state index is 13.0. The number of hydrogen-bond donors (Lipinski definition) is 1. The van der Waals surface area contributed by atoms with Crippen molar-refractivity contribution in [2.75, 3.05) is 25.4 Å². The number of carbonyl (C=O) groups excluding carboxylic acids is 1. The van der Waals surface area contributed by atoms with E-state index in [1.165, 1.54) is 21.9 Å². The van der Waals surface area contributed by atoms with Crippen LogP contribution in [0.15, 0.2) is 58.2 Å². The van der Waals surface area contributed by atoms with E-state index in [0.717, 1.165) is 31.4 Å². The van der Waals surface area contributed by atoms with Gasteiger partial charge in [-0.1, -0.05) is 29.8 Å². The summed E-state index contributed by atoms with van der Waals surface area (Å²) in [5.74, 6) is 0.403. The van der Waals surface area contributed by atoms with Crippen LogP contribution in [0.25, 0.3) is 11.0 Å². The van der Waals surface area contributed by atoms with Gasteiger partial charge in [0.05, 0.1) is 17.1 Å². The molecule has 1 atom stereocenters. The van der Waals surface area contributed by atoms with Crippen LogP contribution in [0.2, 0.25) is 0 Å². The molecule has 2 aromatic carbocycles. The SMILES string of the molecule is CC(=O)n1c(=O)n(C2CCN(CC(O)CSc3ccc(C)cc3)CC2)c2ccccc21. The van der Waals surface area contributed by atoms with Gasteiger partial charge in [-0.15, -0.1) is 11.8 Å². The van der Waals surface area contributed by atoms with Gasteiger partial charge in [0.25, 0.3) is 0 Å². The third kappa shape index (κ3) is 4.79. The second-order valence-corrected chi connectivity index (χ2v) is 9.40. The summed E-state index contributed by atoms with van der Waals surface area (Å²) >= 11 is 1.68. The average Bonchev–Trinajstić information content (AvgIpc) is 3.06. The molecule has 0 saturated carbocycles. The Hall–Kier alpha value is -2.35. The number of likely N-dealkylation sites (tertiary alicyclic amines) is 1. The molecule has 0 amide bonds. The predicted octanol–water partition coefficient (Wildman–Crippen LogP) is 3.56. The fraction of sp³-hybridized carbons (Fsp3) is 0.417. The molecule has 6 nitrogen and oxygen atoms in total. The van der Waals surface area contributed by atoms with E-state index in [4.69, 9.17) is 0 Å². The molecule has 1 aliphatic rings. The largest absolute Gasteiger partial charge is 0.391 e. The number of aromatic nitrogens is 2. The van der Waals surface area contributed by atoms with E-state index >= 15 is 0 Å². The number of fused-ring (bicyclic) bond motifs is 1. The van der Waals surface area contributed by atoms with Gasteiger partial charge in [0.2, 0.25) is 5.91 Å². The number of rotatable bonds is 6. The third-order valence-electron chi connectivity index (χ3n) is 5.95. The first-order valence-corrected chi connectivity index (χ1v) is 11.8. The second-order valence-electron chi connectivity index (χ2n) is 8.31. The van der Waals surface area contributed by atoms with Gasteiger partial charge < -0.3 is 10.0 Å². The number of benzene rings is 2. The van der Waals surface area contributed by atoms with E-state index in [9.17, 15) is 14.7 Å². The fourth-order valence-corrected chi connectivity index (χ4v) is 5.18. The monoisotopic (exact) mass is 439 g/mol. The Morgan fingerprint density at radius 2 is 1.74 bits per heavy atom. The van der Waals surface area contributed by atoms with E-state index in [0.29, 0.717) is 17.8 Å². The molecule has 0 aliphatic carbocycles. The maximum absolute atomic E-state index is 13.0. The summed E-state index contributed by atoms with van der Waals surface area (Å²) in [6, 6.07) is 15.9. The Morgan fingerprint density at radius 3 is 2.39 bits per heavy atom. The first kappa shape index (κ1) is 21.9. The molecule has 1 N–H and O–H groups in total. The molecule has 164 valence electrons. The third-order valence-corrected chi connectivity index (χ3v) is 7.11. The van der Waals surface area contributed by atoms with Crippen molar-refractivity contribution in [2.45, 2.75) is 43.7 Å². The maximum Gasteiger partial charge on any atom is 0.336 e. The van der Waals surface area contributed by atoms with E-state index in [-0.39, 0.29) is 17.6 Å². The van der Waals surface area contributed by atoms with E-state index in [1.807, 2.05) is 24.3 Å². The molecule has 0 bridgehead atoms. The zero-order valence-electron chi connectivity index (χ0n) is 18.0. The van der Waals surface area contributed by atoms with Crippen LogP contribution in [0.3, 0.4) is 0 Å². The van der Waals surface area contributed by atoms with E-state index in [2.05, 4.69) is 36.1 Å². The highest BCUT2D eigenvalue weighted by Crippen LogP contribution is 2.26. The summed E-state index contributed by atoms with van der Waals surface area (Å²) in [5, 5.41) is 10.5. The van der Waals surface area contributed by atoms with Crippen LogP contribution >= 0.6 is 11.8 Å². The molecule has 7 heteroatoms. The molecule has 2 heterocycles. The molecule has 1 fully saturated rings. The summed E-state index contributed by atoms with van der Waals surface area (Å²) in [6.07, 6.45) is 1.25. The number of carbonyl (C=O) groups is 1. The highest BCUT2D eigenvalue weighted by Gasteiger charge is 2.26. The zero-order valence-corrected chi connectivity index (χ0v) is 18.8. The van der Waals surface area contributed by atoms with Gasteiger partial charge in [0.1, 0.15) is 0 Å².